The van der Waals surface area contributed by atoms with Crippen molar-refractivity contribution in [2.45, 2.75) is 24.9 Å². The van der Waals surface area contributed by atoms with Gasteiger partial charge in [0, 0.05) is 18.6 Å². The maximum absolute atomic E-state index is 13.6. The highest BCUT2D eigenvalue weighted by Gasteiger charge is 2.48. The number of nitrogens with zero attached hydrogens (tertiary/aromatic N) is 5. The van der Waals surface area contributed by atoms with Crippen molar-refractivity contribution in [1.82, 2.24) is 24.3 Å². The maximum atomic E-state index is 13.6. The first-order valence-corrected chi connectivity index (χ1v) is 12.0. The number of piperidine rings is 1. The molecule has 164 valence electrons. The van der Waals surface area contributed by atoms with Gasteiger partial charge in [-0.3, -0.25) is 4.52 Å². The van der Waals surface area contributed by atoms with Crippen molar-refractivity contribution in [3.63, 3.8) is 0 Å². The number of hydrogen-bond donors (Lipinski definition) is 1. The number of benzene rings is 1. The zero-order chi connectivity index (χ0) is 21.9. The van der Waals surface area contributed by atoms with Gasteiger partial charge < -0.3 is 5.32 Å². The molecule has 2 bridgehead atoms. The van der Waals surface area contributed by atoms with Gasteiger partial charge in [-0.25, -0.2) is 26.8 Å². The Morgan fingerprint density at radius 2 is 2.06 bits per heavy atom. The van der Waals surface area contributed by atoms with Crippen LogP contribution >= 0.6 is 15.9 Å². The fourth-order valence-corrected chi connectivity index (χ4v) is 5.90. The van der Waals surface area contributed by atoms with Crippen molar-refractivity contribution < 1.29 is 22.0 Å². The van der Waals surface area contributed by atoms with E-state index in [2.05, 4.69) is 36.7 Å². The molecule has 3 unspecified atom stereocenters. The van der Waals surface area contributed by atoms with Crippen LogP contribution in [0.4, 0.5) is 10.2 Å². The van der Waals surface area contributed by atoms with E-state index in [1.54, 1.807) is 0 Å². The van der Waals surface area contributed by atoms with E-state index in [-0.39, 0.29) is 39.8 Å². The number of halogens is 2. The van der Waals surface area contributed by atoms with Crippen LogP contribution in [0.5, 0.6) is 0 Å². The lowest BCUT2D eigenvalue weighted by Gasteiger charge is -2.30. The summed E-state index contributed by atoms with van der Waals surface area (Å²) in [6.45, 7) is 0.431. The van der Waals surface area contributed by atoms with Gasteiger partial charge in [0.2, 0.25) is 21.7 Å². The molecule has 1 aliphatic heterocycles. The number of nitrogens with one attached hydrogen (secondary N) is 1. The van der Waals surface area contributed by atoms with Crippen molar-refractivity contribution in [1.29, 1.82) is 0 Å². The molecular weight excluding hydrogens is 499 g/mol. The van der Waals surface area contributed by atoms with Gasteiger partial charge in [0.25, 0.3) is 0 Å². The number of aromatic nitrogens is 4. The van der Waals surface area contributed by atoms with Crippen LogP contribution in [0.1, 0.15) is 12.8 Å². The summed E-state index contributed by atoms with van der Waals surface area (Å²) in [7, 11) is -3.24. The smallest absolute Gasteiger partial charge is 0.362 e. The Morgan fingerprint density at radius 3 is 2.74 bits per heavy atom. The molecule has 3 heterocycles. The second-order valence-corrected chi connectivity index (χ2v) is 10.4. The van der Waals surface area contributed by atoms with Crippen LogP contribution in [0.15, 0.2) is 36.6 Å². The zero-order valence-corrected chi connectivity index (χ0v) is 18.4. The third kappa shape index (κ3) is 3.47. The summed E-state index contributed by atoms with van der Waals surface area (Å²) in [5.41, 5.74) is 0.459. The molecule has 2 fully saturated rings. The molecule has 1 aliphatic carbocycles. The third-order valence-electron chi connectivity index (χ3n) is 5.71. The number of rotatable bonds is 5. The average molecular weight is 515 g/mol. The average Bonchev–Trinajstić information content (AvgIpc) is 3.47. The number of hydrogen-bond acceptors (Lipinski definition) is 9. The van der Waals surface area contributed by atoms with E-state index in [0.717, 1.165) is 11.0 Å². The Labute approximate surface area is 183 Å². The van der Waals surface area contributed by atoms with Crippen molar-refractivity contribution in [3.05, 3.63) is 39.0 Å². The minimum absolute atomic E-state index is 0.0353. The molecule has 2 aliphatic rings. The van der Waals surface area contributed by atoms with Crippen LogP contribution in [-0.4, -0.2) is 57.6 Å². The summed E-state index contributed by atoms with van der Waals surface area (Å²) in [6, 6.07) is 3.90. The first-order chi connectivity index (χ1) is 14.7. The Kier molecular flexibility index (Phi) is 4.75. The predicted octanol–water partition coefficient (Wildman–Crippen LogP) is 1.61. The SMILES string of the molecule is CS(=O)(=O)N1CC2CC1CC2Nc1nonc1-c1noc(=O)n1-c1ccc(F)c(Br)c1. The standard InChI is InChI=1S/C17H16BrFN6O5S/c1-31(27,28)24-7-8-4-10(24)6-13(8)20-15-14(21-30-22-15)16-23-29-17(26)25(16)9-2-3-12(19)11(18)5-9/h2-3,5,8,10,13H,4,6-7H2,1H3,(H,20,22). The molecule has 1 N–H and O–H groups in total. The molecular formula is C17H16BrFN6O5S. The van der Waals surface area contributed by atoms with Gasteiger partial charge >= 0.3 is 5.76 Å². The maximum Gasteiger partial charge on any atom is 0.446 e. The summed E-state index contributed by atoms with van der Waals surface area (Å²) in [5, 5.41) is 14.8. The normalized spacial score (nSPS) is 23.5. The van der Waals surface area contributed by atoms with E-state index in [1.807, 2.05) is 0 Å². The van der Waals surface area contributed by atoms with E-state index >= 15 is 0 Å². The van der Waals surface area contributed by atoms with E-state index in [4.69, 9.17) is 9.15 Å². The topological polar surface area (TPSA) is 136 Å². The van der Waals surface area contributed by atoms with Gasteiger partial charge in [-0.2, -0.15) is 4.31 Å². The molecule has 2 aromatic heterocycles. The molecule has 1 saturated carbocycles. The lowest BCUT2D eigenvalue weighted by atomic mass is 10.0. The summed E-state index contributed by atoms with van der Waals surface area (Å²) in [5.74, 6) is -0.873. The monoisotopic (exact) mass is 514 g/mol. The fourth-order valence-electron chi connectivity index (χ4n) is 4.35. The summed E-state index contributed by atoms with van der Waals surface area (Å²) in [6.07, 6.45) is 2.58. The van der Waals surface area contributed by atoms with Crippen LogP contribution in [0.25, 0.3) is 17.2 Å². The molecule has 0 radical (unpaired) electrons. The van der Waals surface area contributed by atoms with Gasteiger partial charge in [-0.05, 0) is 63.2 Å². The van der Waals surface area contributed by atoms with Crippen molar-refractivity contribution in [2.75, 3.05) is 18.1 Å². The van der Waals surface area contributed by atoms with E-state index in [1.165, 1.54) is 28.8 Å². The van der Waals surface area contributed by atoms with Gasteiger partial charge in [0.15, 0.2) is 5.69 Å². The Balaban J connectivity index is 1.44. The Morgan fingerprint density at radius 1 is 1.26 bits per heavy atom. The van der Waals surface area contributed by atoms with Crippen molar-refractivity contribution in [3.8, 4) is 17.2 Å². The molecule has 1 saturated heterocycles. The molecule has 31 heavy (non-hydrogen) atoms. The highest BCUT2D eigenvalue weighted by molar-refractivity contribution is 9.10. The molecule has 0 amide bonds. The zero-order valence-electron chi connectivity index (χ0n) is 16.0. The van der Waals surface area contributed by atoms with E-state index in [9.17, 15) is 17.6 Å². The molecule has 0 spiro atoms. The van der Waals surface area contributed by atoms with Crippen LogP contribution in [-0.2, 0) is 10.0 Å². The highest BCUT2D eigenvalue weighted by atomic mass is 79.9. The highest BCUT2D eigenvalue weighted by Crippen LogP contribution is 2.41. The predicted molar refractivity (Wildman–Crippen MR) is 109 cm³/mol. The van der Waals surface area contributed by atoms with Gasteiger partial charge in [-0.1, -0.05) is 5.16 Å². The van der Waals surface area contributed by atoms with Crippen molar-refractivity contribution >= 4 is 31.8 Å². The van der Waals surface area contributed by atoms with E-state index < -0.39 is 21.6 Å². The van der Waals surface area contributed by atoms with Crippen LogP contribution in [0, 0.1) is 11.7 Å². The quantitative estimate of drug-likeness (QED) is 0.538. The second kappa shape index (κ2) is 7.24. The minimum Gasteiger partial charge on any atom is -0.362 e. The first kappa shape index (κ1) is 20.3. The largest absolute Gasteiger partial charge is 0.446 e. The Hall–Kier alpha value is -2.58. The second-order valence-electron chi connectivity index (χ2n) is 7.64. The lowest BCUT2D eigenvalue weighted by molar-refractivity contribution is 0.304. The van der Waals surface area contributed by atoms with Crippen LogP contribution in [0.2, 0.25) is 0 Å². The minimum atomic E-state index is -3.24. The number of fused-ring (bicyclic) bond motifs is 2. The van der Waals surface area contributed by atoms with Gasteiger partial charge in [0.05, 0.1) is 16.4 Å². The molecule has 3 aromatic rings. The van der Waals surface area contributed by atoms with Crippen molar-refractivity contribution in [2.24, 2.45) is 5.92 Å². The number of sulfonamides is 1. The molecule has 14 heteroatoms. The third-order valence-corrected chi connectivity index (χ3v) is 7.61. The Bertz CT molecular complexity index is 1320. The van der Waals surface area contributed by atoms with Crippen LogP contribution < -0.4 is 11.1 Å². The molecule has 5 rings (SSSR count). The lowest BCUT2D eigenvalue weighted by Crippen LogP contribution is -2.43. The van der Waals surface area contributed by atoms with E-state index in [0.29, 0.717) is 18.7 Å². The van der Waals surface area contributed by atoms with Crippen LogP contribution in [0.3, 0.4) is 0 Å². The molecule has 11 nitrogen and oxygen atoms in total. The fraction of sp³-hybridized carbons (Fsp3) is 0.412. The molecule has 3 atom stereocenters. The summed E-state index contributed by atoms with van der Waals surface area (Å²) >= 11 is 3.09. The molecule has 1 aromatic carbocycles. The first-order valence-electron chi connectivity index (χ1n) is 9.33. The summed E-state index contributed by atoms with van der Waals surface area (Å²) in [4.78, 5) is 12.3. The number of anilines is 1. The summed E-state index contributed by atoms with van der Waals surface area (Å²) < 4.78 is 49.9. The van der Waals surface area contributed by atoms with Gasteiger partial charge in [0.1, 0.15) is 5.82 Å². The van der Waals surface area contributed by atoms with Gasteiger partial charge in [-0.15, -0.1) is 0 Å².